The fraction of sp³-hybridized carbons (Fsp3) is 0.111. The van der Waals surface area contributed by atoms with Crippen LogP contribution in [0.5, 0.6) is 5.75 Å². The zero-order chi connectivity index (χ0) is 24.6. The van der Waals surface area contributed by atoms with Gasteiger partial charge in [-0.1, -0.05) is 35.6 Å². The highest BCUT2D eigenvalue weighted by atomic mass is 32.1. The molecule has 4 heterocycles. The van der Waals surface area contributed by atoms with Crippen molar-refractivity contribution >= 4 is 33.7 Å². The van der Waals surface area contributed by atoms with E-state index in [1.54, 1.807) is 11.3 Å². The van der Waals surface area contributed by atoms with Crippen LogP contribution < -0.4 is 14.8 Å². The van der Waals surface area contributed by atoms with E-state index < -0.39 is 0 Å². The van der Waals surface area contributed by atoms with Gasteiger partial charge in [-0.05, 0) is 67.3 Å². The minimum Gasteiger partial charge on any atom is -0.494 e. The van der Waals surface area contributed by atoms with E-state index >= 15 is 0 Å². The fourth-order valence-electron chi connectivity index (χ4n) is 4.03. The summed E-state index contributed by atoms with van der Waals surface area (Å²) in [7, 11) is 0. The minimum absolute atomic E-state index is 0.188. The molecule has 0 bridgehead atoms. The predicted molar refractivity (Wildman–Crippen MR) is 144 cm³/mol. The summed E-state index contributed by atoms with van der Waals surface area (Å²) < 4.78 is 9.49. The molecule has 0 aliphatic rings. The lowest BCUT2D eigenvalue weighted by Crippen LogP contribution is -2.23. The van der Waals surface area contributed by atoms with Crippen molar-refractivity contribution < 1.29 is 4.74 Å². The number of nitrogens with zero attached hydrogens (tertiary/aromatic N) is 5. The molecule has 0 fully saturated rings. The van der Waals surface area contributed by atoms with Gasteiger partial charge in [-0.2, -0.15) is 14.6 Å². The first-order valence-electron chi connectivity index (χ1n) is 11.4. The molecule has 0 atom stereocenters. The van der Waals surface area contributed by atoms with Crippen molar-refractivity contribution in [1.29, 1.82) is 0 Å². The Labute approximate surface area is 214 Å². The van der Waals surface area contributed by atoms with Crippen molar-refractivity contribution in [2.75, 3.05) is 6.61 Å². The SMILES string of the molecule is CCOc1ccc(-c2nn(-c3ccccc3)cc2/C=c2\sc3nc(-c4cccs4)nn3c2=O)cc1C. The number of para-hydroxylation sites is 1. The summed E-state index contributed by atoms with van der Waals surface area (Å²) in [5.41, 5.74) is 4.34. The van der Waals surface area contributed by atoms with Gasteiger partial charge in [0.2, 0.25) is 4.96 Å². The van der Waals surface area contributed by atoms with Crippen molar-refractivity contribution in [1.82, 2.24) is 24.4 Å². The van der Waals surface area contributed by atoms with Crippen LogP contribution in [-0.2, 0) is 0 Å². The number of thiophene rings is 1. The van der Waals surface area contributed by atoms with Gasteiger partial charge in [0.1, 0.15) is 11.4 Å². The van der Waals surface area contributed by atoms with E-state index in [9.17, 15) is 4.79 Å². The number of hydrogen-bond donors (Lipinski definition) is 0. The molecule has 0 N–H and O–H groups in total. The minimum atomic E-state index is -0.188. The Hall–Kier alpha value is -4.08. The molecule has 2 aromatic carbocycles. The van der Waals surface area contributed by atoms with Crippen molar-refractivity contribution in [3.8, 4) is 33.4 Å². The zero-order valence-corrected chi connectivity index (χ0v) is 21.2. The maximum absolute atomic E-state index is 13.2. The van der Waals surface area contributed by atoms with Gasteiger partial charge in [-0.3, -0.25) is 4.79 Å². The van der Waals surface area contributed by atoms with Crippen LogP contribution in [0.25, 0.3) is 38.7 Å². The van der Waals surface area contributed by atoms with E-state index in [4.69, 9.17) is 9.84 Å². The summed E-state index contributed by atoms with van der Waals surface area (Å²) in [5, 5.41) is 11.3. The van der Waals surface area contributed by atoms with E-state index in [1.807, 2.05) is 90.8 Å². The fourth-order valence-corrected chi connectivity index (χ4v) is 5.58. The Bertz CT molecular complexity index is 1780. The second-order valence-electron chi connectivity index (χ2n) is 8.15. The first-order valence-corrected chi connectivity index (χ1v) is 13.1. The smallest absolute Gasteiger partial charge is 0.291 e. The van der Waals surface area contributed by atoms with Crippen LogP contribution in [0, 0.1) is 6.92 Å². The number of fused-ring (bicyclic) bond motifs is 1. The zero-order valence-electron chi connectivity index (χ0n) is 19.6. The third-order valence-electron chi connectivity index (χ3n) is 5.72. The van der Waals surface area contributed by atoms with Gasteiger partial charge in [0, 0.05) is 17.3 Å². The molecule has 9 heteroatoms. The molecule has 178 valence electrons. The molecule has 4 aromatic heterocycles. The Kier molecular flexibility index (Phi) is 5.71. The third kappa shape index (κ3) is 4.02. The third-order valence-corrected chi connectivity index (χ3v) is 7.55. The van der Waals surface area contributed by atoms with E-state index in [0.29, 0.717) is 21.9 Å². The average Bonchev–Trinajstić information content (AvgIpc) is 3.68. The number of thiazole rings is 1. The summed E-state index contributed by atoms with van der Waals surface area (Å²) in [6, 6.07) is 19.8. The molecule has 36 heavy (non-hydrogen) atoms. The molecule has 0 spiro atoms. The lowest BCUT2D eigenvalue weighted by molar-refractivity contribution is 0.338. The van der Waals surface area contributed by atoms with Crippen molar-refractivity contribution in [2.24, 2.45) is 0 Å². The van der Waals surface area contributed by atoms with Crippen molar-refractivity contribution in [3.05, 3.63) is 98.3 Å². The summed E-state index contributed by atoms with van der Waals surface area (Å²) in [4.78, 5) is 19.3. The van der Waals surface area contributed by atoms with Crippen LogP contribution in [0.3, 0.4) is 0 Å². The van der Waals surface area contributed by atoms with Gasteiger partial charge in [0.05, 0.1) is 21.7 Å². The van der Waals surface area contributed by atoms with Crippen LogP contribution in [-0.4, -0.2) is 31.0 Å². The van der Waals surface area contributed by atoms with Gasteiger partial charge in [-0.15, -0.1) is 16.4 Å². The van der Waals surface area contributed by atoms with Crippen LogP contribution in [0.1, 0.15) is 18.1 Å². The molecule has 0 radical (unpaired) electrons. The summed E-state index contributed by atoms with van der Waals surface area (Å²) in [6.45, 7) is 4.60. The maximum atomic E-state index is 13.2. The highest BCUT2D eigenvalue weighted by molar-refractivity contribution is 7.15. The lowest BCUT2D eigenvalue weighted by Gasteiger charge is -2.08. The quantitative estimate of drug-likeness (QED) is 0.315. The molecule has 0 aliphatic carbocycles. The normalized spacial score (nSPS) is 12.0. The highest BCUT2D eigenvalue weighted by Crippen LogP contribution is 2.29. The summed E-state index contributed by atoms with van der Waals surface area (Å²) in [6.07, 6.45) is 3.82. The predicted octanol–water partition coefficient (Wildman–Crippen LogP) is 4.99. The van der Waals surface area contributed by atoms with E-state index in [2.05, 4.69) is 16.1 Å². The van der Waals surface area contributed by atoms with Gasteiger partial charge < -0.3 is 4.74 Å². The molecule has 6 aromatic rings. The molecule has 0 saturated carbocycles. The second kappa shape index (κ2) is 9.18. The van der Waals surface area contributed by atoms with E-state index in [0.717, 1.165) is 38.7 Å². The Balaban J connectivity index is 1.49. The highest BCUT2D eigenvalue weighted by Gasteiger charge is 2.16. The Morgan fingerprint density at radius 3 is 2.64 bits per heavy atom. The molecular formula is C27H21N5O2S2. The van der Waals surface area contributed by atoms with Crippen molar-refractivity contribution in [2.45, 2.75) is 13.8 Å². The van der Waals surface area contributed by atoms with E-state index in [-0.39, 0.29) is 5.56 Å². The molecular weight excluding hydrogens is 490 g/mol. The molecule has 0 unspecified atom stereocenters. The van der Waals surface area contributed by atoms with Crippen LogP contribution in [0.4, 0.5) is 0 Å². The number of rotatable bonds is 6. The van der Waals surface area contributed by atoms with E-state index in [1.165, 1.54) is 15.9 Å². The molecule has 6 rings (SSSR count). The van der Waals surface area contributed by atoms with Gasteiger partial charge in [-0.25, -0.2) is 4.68 Å². The number of aryl methyl sites for hydroxylation is 1. The number of ether oxygens (including phenoxy) is 1. The van der Waals surface area contributed by atoms with Gasteiger partial charge >= 0.3 is 0 Å². The first kappa shape index (κ1) is 22.4. The monoisotopic (exact) mass is 511 g/mol. The maximum Gasteiger partial charge on any atom is 0.291 e. The second-order valence-corrected chi connectivity index (χ2v) is 10.1. The standard InChI is InChI=1S/C27H21N5O2S2/c1-3-34-21-12-11-18(14-17(21)2)24-19(16-31(29-24)20-8-5-4-6-9-20)15-23-26(33)32-27(36-23)28-25(30-32)22-10-7-13-35-22/h4-16H,3H2,1-2H3/b23-15-. The van der Waals surface area contributed by atoms with Gasteiger partial charge in [0.25, 0.3) is 5.56 Å². The number of aromatic nitrogens is 5. The van der Waals surface area contributed by atoms with Crippen LogP contribution in [0.2, 0.25) is 0 Å². The largest absolute Gasteiger partial charge is 0.494 e. The van der Waals surface area contributed by atoms with Crippen molar-refractivity contribution in [3.63, 3.8) is 0 Å². The topological polar surface area (TPSA) is 74.3 Å². The molecule has 0 saturated heterocycles. The Morgan fingerprint density at radius 1 is 1.06 bits per heavy atom. The van der Waals surface area contributed by atoms with Crippen LogP contribution >= 0.6 is 22.7 Å². The summed E-state index contributed by atoms with van der Waals surface area (Å²) >= 11 is 2.88. The number of benzene rings is 2. The average molecular weight is 512 g/mol. The molecule has 0 amide bonds. The molecule has 7 nitrogen and oxygen atoms in total. The lowest BCUT2D eigenvalue weighted by atomic mass is 10.0. The summed E-state index contributed by atoms with van der Waals surface area (Å²) in [5.74, 6) is 1.42. The Morgan fingerprint density at radius 2 is 1.92 bits per heavy atom. The first-order chi connectivity index (χ1) is 17.6. The molecule has 0 aliphatic heterocycles. The van der Waals surface area contributed by atoms with Crippen LogP contribution in [0.15, 0.2) is 77.0 Å². The number of hydrogen-bond acceptors (Lipinski definition) is 7. The van der Waals surface area contributed by atoms with Gasteiger partial charge in [0.15, 0.2) is 5.82 Å².